The van der Waals surface area contributed by atoms with Crippen molar-refractivity contribution in [1.29, 1.82) is 0 Å². The minimum absolute atomic E-state index is 0.178. The Hall–Kier alpha value is -3.45. The molecule has 1 atom stereocenters. The van der Waals surface area contributed by atoms with E-state index in [0.717, 1.165) is 40.2 Å². The van der Waals surface area contributed by atoms with E-state index < -0.39 is 0 Å². The highest BCUT2D eigenvalue weighted by Gasteiger charge is 2.25. The summed E-state index contributed by atoms with van der Waals surface area (Å²) in [6.45, 7) is 1.33. The lowest BCUT2D eigenvalue weighted by Crippen LogP contribution is -2.15. The normalized spacial score (nSPS) is 16.4. The van der Waals surface area contributed by atoms with Crippen LogP contribution in [0.15, 0.2) is 54.7 Å². The van der Waals surface area contributed by atoms with Gasteiger partial charge in [-0.1, -0.05) is 24.3 Å². The van der Waals surface area contributed by atoms with E-state index in [1.807, 2.05) is 55.6 Å². The van der Waals surface area contributed by atoms with Crippen molar-refractivity contribution in [2.24, 2.45) is 7.05 Å². The summed E-state index contributed by atoms with van der Waals surface area (Å²) in [6.07, 6.45) is 2.48. The Bertz CT molecular complexity index is 1190. The molecular weight excluding hydrogens is 366 g/mol. The van der Waals surface area contributed by atoms with Gasteiger partial charge in [0.05, 0.1) is 35.1 Å². The van der Waals surface area contributed by atoms with E-state index >= 15 is 0 Å². The predicted octanol–water partition coefficient (Wildman–Crippen LogP) is 3.72. The molecule has 0 saturated carbocycles. The summed E-state index contributed by atoms with van der Waals surface area (Å²) in [7, 11) is 2.00. The average Bonchev–Trinajstić information content (AvgIpc) is 3.48. The van der Waals surface area contributed by atoms with E-state index in [1.165, 1.54) is 0 Å². The zero-order valence-electron chi connectivity index (χ0n) is 16.1. The molecule has 146 valence electrons. The Morgan fingerprint density at radius 1 is 1.24 bits per heavy atom. The van der Waals surface area contributed by atoms with Crippen LogP contribution in [0.5, 0.6) is 0 Å². The minimum Gasteiger partial charge on any atom is -0.381 e. The molecule has 1 aliphatic rings. The molecule has 29 heavy (non-hydrogen) atoms. The first-order valence-corrected chi connectivity index (χ1v) is 9.65. The first-order chi connectivity index (χ1) is 14.2. The van der Waals surface area contributed by atoms with Crippen molar-refractivity contribution in [2.45, 2.75) is 12.3 Å². The number of carbonyl (C=O) groups is 1. The molecule has 0 radical (unpaired) electrons. The molecule has 2 aromatic carbocycles. The Morgan fingerprint density at radius 2 is 2.14 bits per heavy atom. The summed E-state index contributed by atoms with van der Waals surface area (Å²) in [5.41, 5.74) is 5.08. The first-order valence-electron chi connectivity index (χ1n) is 9.65. The molecule has 0 aliphatic carbocycles. The SMILES string of the molecule is Cn1c(-c2cccc(NC(=O)c3cn[nH]c3C3CCOC3)c2)nc2ccccc21. The van der Waals surface area contributed by atoms with Gasteiger partial charge in [0.1, 0.15) is 5.82 Å². The molecule has 1 aliphatic heterocycles. The number of carbonyl (C=O) groups excluding carboxylic acids is 1. The van der Waals surface area contributed by atoms with E-state index in [-0.39, 0.29) is 11.8 Å². The highest BCUT2D eigenvalue weighted by Crippen LogP contribution is 2.28. The van der Waals surface area contributed by atoms with Crippen molar-refractivity contribution >= 4 is 22.6 Å². The molecule has 7 nitrogen and oxygen atoms in total. The second-order valence-corrected chi connectivity index (χ2v) is 7.28. The molecule has 7 heteroatoms. The van der Waals surface area contributed by atoms with Gasteiger partial charge in [-0.2, -0.15) is 5.10 Å². The molecule has 3 heterocycles. The number of hydrogen-bond acceptors (Lipinski definition) is 4. The lowest BCUT2D eigenvalue weighted by molar-refractivity contribution is 0.102. The summed E-state index contributed by atoms with van der Waals surface area (Å²) in [4.78, 5) is 17.6. The molecule has 1 amide bonds. The third-order valence-corrected chi connectivity index (χ3v) is 5.42. The van der Waals surface area contributed by atoms with Crippen LogP contribution >= 0.6 is 0 Å². The summed E-state index contributed by atoms with van der Waals surface area (Å²) >= 11 is 0. The fraction of sp³-hybridized carbons (Fsp3) is 0.227. The van der Waals surface area contributed by atoms with E-state index in [4.69, 9.17) is 9.72 Å². The van der Waals surface area contributed by atoms with Crippen LogP contribution in [-0.2, 0) is 11.8 Å². The number of aromatic amines is 1. The number of hydrogen-bond donors (Lipinski definition) is 2. The number of para-hydroxylation sites is 2. The van der Waals surface area contributed by atoms with Gasteiger partial charge in [-0.15, -0.1) is 0 Å². The number of nitrogens with one attached hydrogen (secondary N) is 2. The number of benzene rings is 2. The van der Waals surface area contributed by atoms with Crippen LogP contribution in [-0.4, -0.2) is 38.9 Å². The monoisotopic (exact) mass is 387 g/mol. The molecule has 1 unspecified atom stereocenters. The zero-order valence-corrected chi connectivity index (χ0v) is 16.1. The first kappa shape index (κ1) is 17.6. The van der Waals surface area contributed by atoms with Gasteiger partial charge in [0.2, 0.25) is 0 Å². The van der Waals surface area contributed by atoms with Gasteiger partial charge in [0.15, 0.2) is 0 Å². The summed E-state index contributed by atoms with van der Waals surface area (Å²) in [5.74, 6) is 0.863. The number of imidazole rings is 1. The third-order valence-electron chi connectivity index (χ3n) is 5.42. The maximum Gasteiger partial charge on any atom is 0.259 e. The quantitative estimate of drug-likeness (QED) is 0.559. The Kier molecular flexibility index (Phi) is 4.37. The molecule has 2 aromatic heterocycles. The van der Waals surface area contributed by atoms with Crippen LogP contribution < -0.4 is 5.32 Å². The van der Waals surface area contributed by atoms with Crippen LogP contribution in [0.4, 0.5) is 5.69 Å². The number of H-pyrrole nitrogens is 1. The minimum atomic E-state index is -0.178. The van der Waals surface area contributed by atoms with E-state index in [2.05, 4.69) is 20.1 Å². The summed E-state index contributed by atoms with van der Waals surface area (Å²) in [5, 5.41) is 10.0. The van der Waals surface area contributed by atoms with Crippen LogP contribution in [0.3, 0.4) is 0 Å². The largest absolute Gasteiger partial charge is 0.381 e. The van der Waals surface area contributed by atoms with Crippen molar-refractivity contribution in [2.75, 3.05) is 18.5 Å². The zero-order chi connectivity index (χ0) is 19.8. The number of aromatic nitrogens is 4. The molecule has 0 spiro atoms. The van der Waals surface area contributed by atoms with Gasteiger partial charge in [-0.25, -0.2) is 4.98 Å². The Morgan fingerprint density at radius 3 is 2.97 bits per heavy atom. The lowest BCUT2D eigenvalue weighted by atomic mass is 10.0. The number of fused-ring (bicyclic) bond motifs is 1. The Labute approximate surface area is 167 Å². The topological polar surface area (TPSA) is 84.8 Å². The van der Waals surface area contributed by atoms with Crippen molar-refractivity contribution in [3.05, 3.63) is 66.0 Å². The van der Waals surface area contributed by atoms with Crippen molar-refractivity contribution in [3.63, 3.8) is 0 Å². The lowest BCUT2D eigenvalue weighted by Gasteiger charge is -2.10. The standard InChI is InChI=1S/C22H21N5O2/c1-27-19-8-3-2-7-18(19)25-21(27)14-5-4-6-16(11-14)24-22(28)17-12-23-26-20(17)15-9-10-29-13-15/h2-8,11-12,15H,9-10,13H2,1H3,(H,23,26)(H,24,28). The van der Waals surface area contributed by atoms with Gasteiger partial charge >= 0.3 is 0 Å². The maximum atomic E-state index is 12.9. The number of amides is 1. The average molecular weight is 387 g/mol. The molecule has 4 aromatic rings. The van der Waals surface area contributed by atoms with Gasteiger partial charge < -0.3 is 14.6 Å². The van der Waals surface area contributed by atoms with Crippen LogP contribution in [0.2, 0.25) is 0 Å². The highest BCUT2D eigenvalue weighted by atomic mass is 16.5. The molecule has 1 fully saturated rings. The number of ether oxygens (including phenoxy) is 1. The molecule has 5 rings (SSSR count). The number of aryl methyl sites for hydroxylation is 1. The number of nitrogens with zero attached hydrogens (tertiary/aromatic N) is 3. The summed E-state index contributed by atoms with van der Waals surface area (Å²) < 4.78 is 7.51. The highest BCUT2D eigenvalue weighted by molar-refractivity contribution is 6.05. The van der Waals surface area contributed by atoms with E-state index in [9.17, 15) is 4.79 Å². The summed E-state index contributed by atoms with van der Waals surface area (Å²) in [6, 6.07) is 15.8. The Balaban J connectivity index is 1.42. The fourth-order valence-corrected chi connectivity index (χ4v) is 3.89. The molecule has 0 bridgehead atoms. The van der Waals surface area contributed by atoms with Crippen LogP contribution in [0.25, 0.3) is 22.4 Å². The number of anilines is 1. The van der Waals surface area contributed by atoms with E-state index in [0.29, 0.717) is 18.8 Å². The van der Waals surface area contributed by atoms with Gasteiger partial charge in [0.25, 0.3) is 5.91 Å². The predicted molar refractivity (Wildman–Crippen MR) is 111 cm³/mol. The van der Waals surface area contributed by atoms with E-state index in [1.54, 1.807) is 6.20 Å². The van der Waals surface area contributed by atoms with Crippen molar-refractivity contribution < 1.29 is 9.53 Å². The second-order valence-electron chi connectivity index (χ2n) is 7.28. The molecule has 2 N–H and O–H groups in total. The number of rotatable bonds is 4. The molecule has 1 saturated heterocycles. The maximum absolute atomic E-state index is 12.9. The molecular formula is C22H21N5O2. The van der Waals surface area contributed by atoms with Crippen LogP contribution in [0.1, 0.15) is 28.4 Å². The second kappa shape index (κ2) is 7.18. The van der Waals surface area contributed by atoms with Crippen molar-refractivity contribution in [1.82, 2.24) is 19.7 Å². The van der Waals surface area contributed by atoms with Gasteiger partial charge in [-0.3, -0.25) is 9.89 Å². The van der Waals surface area contributed by atoms with Gasteiger partial charge in [0, 0.05) is 30.8 Å². The van der Waals surface area contributed by atoms with Crippen molar-refractivity contribution in [3.8, 4) is 11.4 Å². The fourth-order valence-electron chi connectivity index (χ4n) is 3.89. The smallest absolute Gasteiger partial charge is 0.259 e. The van der Waals surface area contributed by atoms with Gasteiger partial charge in [-0.05, 0) is 30.7 Å². The van der Waals surface area contributed by atoms with Crippen LogP contribution in [0, 0.1) is 0 Å². The third kappa shape index (κ3) is 3.19.